The monoisotopic (exact) mass is 274 g/mol. The van der Waals surface area contributed by atoms with Crippen molar-refractivity contribution in [1.29, 1.82) is 5.26 Å². The van der Waals surface area contributed by atoms with E-state index in [4.69, 9.17) is 0 Å². The number of carbonyl (C=O) groups excluding carboxylic acids is 1. The number of hydrogen-bond acceptors (Lipinski definition) is 2. The van der Waals surface area contributed by atoms with Gasteiger partial charge in [-0.3, -0.25) is 4.79 Å². The summed E-state index contributed by atoms with van der Waals surface area (Å²) in [6.45, 7) is 0. The maximum absolute atomic E-state index is 12.8. The minimum absolute atomic E-state index is 0.0993. The zero-order valence-electron chi connectivity index (χ0n) is 11.5. The zero-order valence-corrected chi connectivity index (χ0v) is 11.5. The molecule has 0 saturated heterocycles. The SMILES string of the molecule is N#CC1(NC(=O)CCc2ccc(F)cc2)CCCCC1. The van der Waals surface area contributed by atoms with Crippen LogP contribution < -0.4 is 5.32 Å². The summed E-state index contributed by atoms with van der Waals surface area (Å²) in [5, 5.41) is 12.2. The maximum Gasteiger partial charge on any atom is 0.221 e. The Bertz CT molecular complexity index is 498. The second-order valence-electron chi connectivity index (χ2n) is 5.43. The molecule has 2 rings (SSSR count). The van der Waals surface area contributed by atoms with Crippen LogP contribution in [0.5, 0.6) is 0 Å². The van der Waals surface area contributed by atoms with E-state index in [9.17, 15) is 14.4 Å². The Kier molecular flexibility index (Phi) is 4.73. The third-order valence-corrected chi connectivity index (χ3v) is 3.85. The molecule has 0 unspecified atom stereocenters. The Morgan fingerprint density at radius 3 is 2.50 bits per heavy atom. The lowest BCUT2D eigenvalue weighted by Crippen LogP contribution is -2.48. The molecule has 1 N–H and O–H groups in total. The number of nitriles is 1. The van der Waals surface area contributed by atoms with E-state index in [0.717, 1.165) is 37.7 Å². The third kappa shape index (κ3) is 3.80. The predicted octanol–water partition coefficient (Wildman–Crippen LogP) is 3.10. The van der Waals surface area contributed by atoms with Gasteiger partial charge in [-0.25, -0.2) is 4.39 Å². The van der Waals surface area contributed by atoms with E-state index in [0.29, 0.717) is 12.8 Å². The van der Waals surface area contributed by atoms with E-state index in [1.807, 2.05) is 0 Å². The van der Waals surface area contributed by atoms with Crippen molar-refractivity contribution < 1.29 is 9.18 Å². The number of carbonyl (C=O) groups is 1. The second kappa shape index (κ2) is 6.51. The number of benzene rings is 1. The average molecular weight is 274 g/mol. The van der Waals surface area contributed by atoms with Crippen molar-refractivity contribution in [3.8, 4) is 6.07 Å². The van der Waals surface area contributed by atoms with E-state index >= 15 is 0 Å². The fourth-order valence-electron chi connectivity index (χ4n) is 2.66. The average Bonchev–Trinajstić information content (AvgIpc) is 2.47. The molecule has 4 heteroatoms. The van der Waals surface area contributed by atoms with Gasteiger partial charge in [0.25, 0.3) is 0 Å². The van der Waals surface area contributed by atoms with Gasteiger partial charge in [0.05, 0.1) is 6.07 Å². The zero-order chi connectivity index (χ0) is 14.4. The molecule has 0 atom stereocenters. The normalized spacial score (nSPS) is 17.2. The van der Waals surface area contributed by atoms with Crippen molar-refractivity contribution in [2.75, 3.05) is 0 Å². The molecule has 0 spiro atoms. The minimum Gasteiger partial charge on any atom is -0.338 e. The van der Waals surface area contributed by atoms with Gasteiger partial charge in [-0.1, -0.05) is 31.4 Å². The topological polar surface area (TPSA) is 52.9 Å². The standard InChI is InChI=1S/C16H19FN2O/c17-14-7-4-13(5-8-14)6-9-15(20)19-16(12-18)10-2-1-3-11-16/h4-5,7-8H,1-3,6,9-11H2,(H,19,20). The largest absolute Gasteiger partial charge is 0.338 e. The molecule has 106 valence electrons. The number of amides is 1. The molecule has 0 heterocycles. The highest BCUT2D eigenvalue weighted by Crippen LogP contribution is 2.27. The van der Waals surface area contributed by atoms with Gasteiger partial charge in [-0.15, -0.1) is 0 Å². The van der Waals surface area contributed by atoms with Gasteiger partial charge in [-0.2, -0.15) is 5.26 Å². The predicted molar refractivity (Wildman–Crippen MR) is 74.3 cm³/mol. The summed E-state index contributed by atoms with van der Waals surface area (Å²) >= 11 is 0. The molecule has 1 aliphatic carbocycles. The highest BCUT2D eigenvalue weighted by Gasteiger charge is 2.33. The molecule has 0 aliphatic heterocycles. The molecule has 1 fully saturated rings. The molecule has 1 amide bonds. The first kappa shape index (κ1) is 14.5. The van der Waals surface area contributed by atoms with Gasteiger partial charge in [0.1, 0.15) is 11.4 Å². The summed E-state index contributed by atoms with van der Waals surface area (Å²) in [5.74, 6) is -0.374. The van der Waals surface area contributed by atoms with Gasteiger partial charge in [0, 0.05) is 6.42 Å². The van der Waals surface area contributed by atoms with Gasteiger partial charge in [-0.05, 0) is 37.0 Å². The lowest BCUT2D eigenvalue weighted by atomic mass is 9.82. The molecule has 1 aromatic rings. The lowest BCUT2D eigenvalue weighted by Gasteiger charge is -2.31. The molecule has 1 saturated carbocycles. The van der Waals surface area contributed by atoms with Crippen molar-refractivity contribution in [2.24, 2.45) is 0 Å². The lowest BCUT2D eigenvalue weighted by molar-refractivity contribution is -0.122. The number of aryl methyl sites for hydroxylation is 1. The Hall–Kier alpha value is -1.89. The van der Waals surface area contributed by atoms with E-state index in [1.165, 1.54) is 12.1 Å². The van der Waals surface area contributed by atoms with Crippen LogP contribution in [0.25, 0.3) is 0 Å². The van der Waals surface area contributed by atoms with Crippen molar-refractivity contribution in [3.05, 3.63) is 35.6 Å². The molecule has 3 nitrogen and oxygen atoms in total. The number of hydrogen-bond donors (Lipinski definition) is 1. The molecular formula is C16H19FN2O. The van der Waals surface area contributed by atoms with Gasteiger partial charge in [0.2, 0.25) is 5.91 Å². The number of rotatable bonds is 4. The third-order valence-electron chi connectivity index (χ3n) is 3.85. The van der Waals surface area contributed by atoms with Crippen LogP contribution in [0, 0.1) is 17.1 Å². The molecular weight excluding hydrogens is 255 g/mol. The van der Waals surface area contributed by atoms with E-state index in [2.05, 4.69) is 11.4 Å². The molecule has 1 aliphatic rings. The summed E-state index contributed by atoms with van der Waals surface area (Å²) < 4.78 is 12.8. The molecule has 1 aromatic carbocycles. The van der Waals surface area contributed by atoms with Crippen molar-refractivity contribution in [1.82, 2.24) is 5.32 Å². The van der Waals surface area contributed by atoms with E-state index < -0.39 is 5.54 Å². The minimum atomic E-state index is -0.669. The fraction of sp³-hybridized carbons (Fsp3) is 0.500. The number of nitrogens with zero attached hydrogens (tertiary/aromatic N) is 1. The van der Waals surface area contributed by atoms with E-state index in [-0.39, 0.29) is 11.7 Å². The summed E-state index contributed by atoms with van der Waals surface area (Å²) in [7, 11) is 0. The van der Waals surface area contributed by atoms with Gasteiger partial charge < -0.3 is 5.32 Å². The van der Waals surface area contributed by atoms with Crippen LogP contribution >= 0.6 is 0 Å². The Morgan fingerprint density at radius 1 is 1.25 bits per heavy atom. The van der Waals surface area contributed by atoms with Crippen molar-refractivity contribution >= 4 is 5.91 Å². The van der Waals surface area contributed by atoms with Crippen LogP contribution in [-0.4, -0.2) is 11.4 Å². The summed E-state index contributed by atoms with van der Waals surface area (Å²) in [4.78, 5) is 12.0. The van der Waals surface area contributed by atoms with Crippen LogP contribution in [0.15, 0.2) is 24.3 Å². The molecule has 0 bridgehead atoms. The highest BCUT2D eigenvalue weighted by molar-refractivity contribution is 5.77. The summed E-state index contributed by atoms with van der Waals surface area (Å²) in [6.07, 6.45) is 5.49. The first-order valence-electron chi connectivity index (χ1n) is 7.10. The smallest absolute Gasteiger partial charge is 0.221 e. The van der Waals surface area contributed by atoms with Crippen LogP contribution in [-0.2, 0) is 11.2 Å². The van der Waals surface area contributed by atoms with E-state index in [1.54, 1.807) is 12.1 Å². The van der Waals surface area contributed by atoms with Gasteiger partial charge in [0.15, 0.2) is 0 Å². The first-order chi connectivity index (χ1) is 9.63. The summed E-state index contributed by atoms with van der Waals surface area (Å²) in [5.41, 5.74) is 0.259. The maximum atomic E-state index is 12.8. The fourth-order valence-corrected chi connectivity index (χ4v) is 2.66. The van der Waals surface area contributed by atoms with Crippen molar-refractivity contribution in [2.45, 2.75) is 50.5 Å². The Balaban J connectivity index is 1.85. The first-order valence-corrected chi connectivity index (χ1v) is 7.10. The molecule has 20 heavy (non-hydrogen) atoms. The van der Waals surface area contributed by atoms with Crippen LogP contribution in [0.3, 0.4) is 0 Å². The molecule has 0 aromatic heterocycles. The molecule has 0 radical (unpaired) electrons. The van der Waals surface area contributed by atoms with Gasteiger partial charge >= 0.3 is 0 Å². The van der Waals surface area contributed by atoms with Crippen molar-refractivity contribution in [3.63, 3.8) is 0 Å². The van der Waals surface area contributed by atoms with Crippen LogP contribution in [0.4, 0.5) is 4.39 Å². The second-order valence-corrected chi connectivity index (χ2v) is 5.43. The van der Waals surface area contributed by atoms with Crippen LogP contribution in [0.1, 0.15) is 44.1 Å². The quantitative estimate of drug-likeness (QED) is 0.917. The Labute approximate surface area is 118 Å². The summed E-state index contributed by atoms with van der Waals surface area (Å²) in [6, 6.07) is 8.43. The highest BCUT2D eigenvalue weighted by atomic mass is 19.1. The van der Waals surface area contributed by atoms with Crippen LogP contribution in [0.2, 0.25) is 0 Å². The Morgan fingerprint density at radius 2 is 1.90 bits per heavy atom. The number of nitrogens with one attached hydrogen (secondary N) is 1. The number of halogens is 1.